The van der Waals surface area contributed by atoms with Gasteiger partial charge in [-0.2, -0.15) is 0 Å². The van der Waals surface area contributed by atoms with Crippen molar-refractivity contribution >= 4 is 33.0 Å². The van der Waals surface area contributed by atoms with E-state index in [2.05, 4.69) is 21.3 Å². The minimum atomic E-state index is -0.389. The second kappa shape index (κ2) is 26.7. The van der Waals surface area contributed by atoms with Crippen LogP contribution in [0.3, 0.4) is 0 Å². The zero-order valence-electron chi connectivity index (χ0n) is 30.0. The van der Waals surface area contributed by atoms with Gasteiger partial charge in [-0.05, 0) is 64.0 Å². The number of benzene rings is 2. The van der Waals surface area contributed by atoms with Crippen LogP contribution in [-0.4, -0.2) is 89.1 Å². The van der Waals surface area contributed by atoms with Gasteiger partial charge in [-0.25, -0.2) is 0 Å². The molecule has 0 aliphatic carbocycles. The van der Waals surface area contributed by atoms with E-state index < -0.39 is 0 Å². The van der Waals surface area contributed by atoms with Crippen LogP contribution in [0.15, 0.2) is 24.3 Å². The van der Waals surface area contributed by atoms with E-state index in [0.29, 0.717) is 47.2 Å². The molecule has 2 aromatic rings. The van der Waals surface area contributed by atoms with Gasteiger partial charge in [0.25, 0.3) is 11.4 Å². The molecule has 2 aromatic carbocycles. The second-order valence-electron chi connectivity index (χ2n) is 11.5. The topological polar surface area (TPSA) is 171 Å². The number of unbranched alkanes of at least 4 members (excludes halogenated alkanes) is 6. The lowest BCUT2D eigenvalue weighted by Crippen LogP contribution is -2.19. The van der Waals surface area contributed by atoms with Gasteiger partial charge < -0.3 is 40.2 Å². The van der Waals surface area contributed by atoms with Gasteiger partial charge in [-0.3, -0.25) is 20.2 Å². The van der Waals surface area contributed by atoms with Crippen molar-refractivity contribution in [3.63, 3.8) is 0 Å². The van der Waals surface area contributed by atoms with E-state index in [4.69, 9.17) is 18.9 Å². The highest BCUT2D eigenvalue weighted by atomic mass is 33.1. The number of nitro groups is 2. The van der Waals surface area contributed by atoms with Crippen LogP contribution in [-0.2, 0) is 13.1 Å². The summed E-state index contributed by atoms with van der Waals surface area (Å²) < 4.78 is 20.9. The van der Waals surface area contributed by atoms with Crippen molar-refractivity contribution < 1.29 is 28.8 Å². The first-order valence-electron chi connectivity index (χ1n) is 17.2. The molecule has 0 atom stereocenters. The third-order valence-electron chi connectivity index (χ3n) is 7.92. The number of methoxy groups -OCH3 is 4. The molecule has 0 aliphatic rings. The SMILES string of the molecule is COc1cc(CNCCCCCCNCCSSCCNCCCCCCNCc2cc(OC)c(OC)cc2[N+](=O)[O-])c([N+](=O)[O-])cc1OC. The first kappa shape index (κ1) is 43.1. The molecule has 282 valence electrons. The third kappa shape index (κ3) is 16.8. The molecule has 0 amide bonds. The van der Waals surface area contributed by atoms with E-state index in [0.717, 1.165) is 102 Å². The number of nitrogens with one attached hydrogen (secondary N) is 4. The van der Waals surface area contributed by atoms with Crippen molar-refractivity contribution in [2.24, 2.45) is 0 Å². The van der Waals surface area contributed by atoms with Crippen LogP contribution in [0.1, 0.15) is 62.5 Å². The first-order valence-corrected chi connectivity index (χ1v) is 19.7. The third-order valence-corrected chi connectivity index (χ3v) is 10.3. The maximum atomic E-state index is 11.4. The highest BCUT2D eigenvalue weighted by Crippen LogP contribution is 2.35. The van der Waals surface area contributed by atoms with Crippen LogP contribution in [0.4, 0.5) is 11.4 Å². The molecule has 16 heteroatoms. The van der Waals surface area contributed by atoms with Gasteiger partial charge in [0.2, 0.25) is 0 Å². The van der Waals surface area contributed by atoms with Crippen molar-refractivity contribution in [2.75, 3.05) is 79.2 Å². The second-order valence-corrected chi connectivity index (χ2v) is 14.2. The minimum Gasteiger partial charge on any atom is -0.493 e. The fourth-order valence-electron chi connectivity index (χ4n) is 5.19. The summed E-state index contributed by atoms with van der Waals surface area (Å²) in [5.41, 5.74) is 1.23. The van der Waals surface area contributed by atoms with Crippen LogP contribution in [0.2, 0.25) is 0 Å². The van der Waals surface area contributed by atoms with Gasteiger partial charge in [0.1, 0.15) is 0 Å². The van der Waals surface area contributed by atoms with E-state index >= 15 is 0 Å². The van der Waals surface area contributed by atoms with Crippen molar-refractivity contribution in [1.29, 1.82) is 0 Å². The molecule has 2 rings (SSSR count). The Morgan fingerprint density at radius 1 is 0.500 bits per heavy atom. The van der Waals surface area contributed by atoms with E-state index in [-0.39, 0.29) is 21.2 Å². The van der Waals surface area contributed by atoms with Gasteiger partial charge in [0, 0.05) is 48.8 Å². The molecule has 0 fully saturated rings. The Hall–Kier alpha value is -3.02. The molecule has 0 saturated heterocycles. The normalized spacial score (nSPS) is 11.0. The van der Waals surface area contributed by atoms with Crippen LogP contribution in [0, 0.1) is 20.2 Å². The van der Waals surface area contributed by atoms with Crippen molar-refractivity contribution in [2.45, 2.75) is 64.5 Å². The molecule has 4 N–H and O–H groups in total. The molecule has 0 bridgehead atoms. The highest BCUT2D eigenvalue weighted by Gasteiger charge is 2.20. The zero-order valence-corrected chi connectivity index (χ0v) is 31.6. The molecule has 0 saturated carbocycles. The van der Waals surface area contributed by atoms with Crippen molar-refractivity contribution in [1.82, 2.24) is 21.3 Å². The Kier molecular flexibility index (Phi) is 23.1. The average molecular weight is 741 g/mol. The average Bonchev–Trinajstić information content (AvgIpc) is 3.12. The molecule has 50 heavy (non-hydrogen) atoms. The lowest BCUT2D eigenvalue weighted by molar-refractivity contribution is -0.385. The number of nitrogens with zero attached hydrogens (tertiary/aromatic N) is 2. The highest BCUT2D eigenvalue weighted by molar-refractivity contribution is 8.76. The number of hydrogen-bond donors (Lipinski definition) is 4. The monoisotopic (exact) mass is 740 g/mol. The number of ether oxygens (including phenoxy) is 4. The number of rotatable bonds is 31. The molecule has 0 radical (unpaired) electrons. The smallest absolute Gasteiger partial charge is 0.277 e. The Morgan fingerprint density at radius 3 is 1.14 bits per heavy atom. The molecule has 0 spiro atoms. The van der Waals surface area contributed by atoms with E-state index in [9.17, 15) is 20.2 Å². The molecule has 14 nitrogen and oxygen atoms in total. The van der Waals surface area contributed by atoms with Gasteiger partial charge in [-0.1, -0.05) is 47.3 Å². The summed E-state index contributed by atoms with van der Waals surface area (Å²) in [4.78, 5) is 22.1. The fourth-order valence-corrected chi connectivity index (χ4v) is 7.09. The lowest BCUT2D eigenvalue weighted by atomic mass is 10.1. The summed E-state index contributed by atoms with van der Waals surface area (Å²) in [7, 11) is 9.80. The number of nitro benzene ring substituents is 2. The molecule has 0 unspecified atom stereocenters. The molecular weight excluding hydrogens is 685 g/mol. The van der Waals surface area contributed by atoms with Crippen LogP contribution >= 0.6 is 21.6 Å². The van der Waals surface area contributed by atoms with E-state index in [1.807, 2.05) is 21.6 Å². The lowest BCUT2D eigenvalue weighted by Gasteiger charge is -2.11. The summed E-state index contributed by atoms with van der Waals surface area (Å²) in [5.74, 6) is 3.86. The first-order chi connectivity index (χ1) is 24.4. The largest absolute Gasteiger partial charge is 0.493 e. The molecule has 0 heterocycles. The molecule has 0 aromatic heterocycles. The Morgan fingerprint density at radius 2 is 0.820 bits per heavy atom. The maximum absolute atomic E-state index is 11.4. The Labute approximate surface area is 304 Å². The van der Waals surface area contributed by atoms with Gasteiger partial charge in [0.05, 0.1) is 50.4 Å². The Bertz CT molecular complexity index is 1180. The predicted molar refractivity (Wildman–Crippen MR) is 203 cm³/mol. The quantitative estimate of drug-likeness (QED) is 0.0303. The maximum Gasteiger partial charge on any atom is 0.277 e. The standard InChI is InChI=1S/C34H56N6O8S2/c1-45-31-21-27(29(39(41)42)23-33(31)47-3)25-37-15-11-7-5-9-13-35-17-19-49-50-20-18-36-14-10-6-8-12-16-38-26-28-22-32(46-2)34(48-4)24-30(28)40(43)44/h21-24,35-38H,5-20,25-26H2,1-4H3. The molecule has 0 aliphatic heterocycles. The predicted octanol–water partition coefficient (Wildman–Crippen LogP) is 6.10. The number of hydrogen-bond acceptors (Lipinski definition) is 14. The summed E-state index contributed by atoms with van der Waals surface area (Å²) in [6.45, 7) is 6.50. The van der Waals surface area contributed by atoms with E-state index in [1.165, 1.54) is 40.6 Å². The van der Waals surface area contributed by atoms with Gasteiger partial charge in [0.15, 0.2) is 23.0 Å². The van der Waals surface area contributed by atoms with E-state index in [1.54, 1.807) is 12.1 Å². The summed E-state index contributed by atoms with van der Waals surface area (Å²) in [5, 5.41) is 36.5. The molecular formula is C34H56N6O8S2. The zero-order chi connectivity index (χ0) is 36.4. The van der Waals surface area contributed by atoms with Gasteiger partial charge in [-0.15, -0.1) is 0 Å². The Balaban J connectivity index is 1.35. The van der Waals surface area contributed by atoms with Crippen LogP contribution < -0.4 is 40.2 Å². The van der Waals surface area contributed by atoms with Crippen molar-refractivity contribution in [3.05, 3.63) is 55.6 Å². The minimum absolute atomic E-state index is 0.0305. The summed E-state index contributed by atoms with van der Waals surface area (Å²) >= 11 is 0. The van der Waals surface area contributed by atoms with Crippen molar-refractivity contribution in [3.8, 4) is 23.0 Å². The van der Waals surface area contributed by atoms with Gasteiger partial charge >= 0.3 is 0 Å². The fraction of sp³-hybridized carbons (Fsp3) is 0.647. The summed E-state index contributed by atoms with van der Waals surface area (Å²) in [6.07, 6.45) is 8.88. The summed E-state index contributed by atoms with van der Waals surface area (Å²) in [6, 6.07) is 6.16. The van der Waals surface area contributed by atoms with Crippen LogP contribution in [0.5, 0.6) is 23.0 Å². The van der Waals surface area contributed by atoms with Crippen LogP contribution in [0.25, 0.3) is 0 Å².